The number of rotatable bonds is 4. The summed E-state index contributed by atoms with van der Waals surface area (Å²) < 4.78 is 5.18. The first-order valence-corrected chi connectivity index (χ1v) is 10.0. The standard InChI is InChI=1S/C21H22ClN5O2/c1-2-19-24-20(25-29-19)15-7-9-16(10-8-15)26-11-13-27(14-12-26)21(28)23-18-6-4-3-5-17(18)22/h3-10H,2,11-14H2,1H3,(H,23,28). The van der Waals surface area contributed by atoms with Gasteiger partial charge in [0.15, 0.2) is 0 Å². The van der Waals surface area contributed by atoms with E-state index in [9.17, 15) is 4.79 Å². The highest BCUT2D eigenvalue weighted by atomic mass is 35.5. The first-order chi connectivity index (χ1) is 14.1. The molecule has 3 aromatic rings. The van der Waals surface area contributed by atoms with Crippen LogP contribution in [0.1, 0.15) is 12.8 Å². The summed E-state index contributed by atoms with van der Waals surface area (Å²) >= 11 is 6.12. The Hall–Kier alpha value is -3.06. The number of benzene rings is 2. The van der Waals surface area contributed by atoms with E-state index >= 15 is 0 Å². The molecule has 150 valence electrons. The van der Waals surface area contributed by atoms with Crippen molar-refractivity contribution < 1.29 is 9.32 Å². The minimum Gasteiger partial charge on any atom is -0.368 e. The Morgan fingerprint density at radius 1 is 1.10 bits per heavy atom. The Morgan fingerprint density at radius 3 is 2.48 bits per heavy atom. The van der Waals surface area contributed by atoms with Gasteiger partial charge in [0.25, 0.3) is 0 Å². The third-order valence-electron chi connectivity index (χ3n) is 4.94. The largest absolute Gasteiger partial charge is 0.368 e. The Morgan fingerprint density at radius 2 is 1.83 bits per heavy atom. The van der Waals surface area contributed by atoms with Crippen LogP contribution in [0.2, 0.25) is 5.02 Å². The van der Waals surface area contributed by atoms with Crippen molar-refractivity contribution >= 4 is 29.0 Å². The summed E-state index contributed by atoms with van der Waals surface area (Å²) in [6, 6.07) is 15.2. The average molecular weight is 412 g/mol. The molecule has 8 heteroatoms. The lowest BCUT2D eigenvalue weighted by atomic mass is 10.1. The summed E-state index contributed by atoms with van der Waals surface area (Å²) in [7, 11) is 0. The fourth-order valence-corrected chi connectivity index (χ4v) is 3.44. The van der Waals surface area contributed by atoms with Crippen molar-refractivity contribution in [3.05, 3.63) is 59.4 Å². The lowest BCUT2D eigenvalue weighted by Gasteiger charge is -2.36. The monoisotopic (exact) mass is 411 g/mol. The van der Waals surface area contributed by atoms with Crippen molar-refractivity contribution in [3.8, 4) is 11.4 Å². The summed E-state index contributed by atoms with van der Waals surface area (Å²) in [6.07, 6.45) is 0.722. The van der Waals surface area contributed by atoms with Crippen LogP contribution in [0.4, 0.5) is 16.2 Å². The minimum absolute atomic E-state index is 0.128. The van der Waals surface area contributed by atoms with E-state index < -0.39 is 0 Å². The summed E-state index contributed by atoms with van der Waals surface area (Å²) in [5, 5.41) is 7.42. The van der Waals surface area contributed by atoms with Crippen LogP contribution in [-0.4, -0.2) is 47.3 Å². The van der Waals surface area contributed by atoms with E-state index in [1.54, 1.807) is 17.0 Å². The smallest absolute Gasteiger partial charge is 0.322 e. The Bertz CT molecular complexity index is 981. The molecular weight excluding hydrogens is 390 g/mol. The van der Waals surface area contributed by atoms with E-state index in [2.05, 4.69) is 32.5 Å². The maximum atomic E-state index is 12.5. The molecule has 7 nitrogen and oxygen atoms in total. The zero-order valence-electron chi connectivity index (χ0n) is 16.1. The van der Waals surface area contributed by atoms with Crippen molar-refractivity contribution in [1.29, 1.82) is 0 Å². The van der Waals surface area contributed by atoms with Gasteiger partial charge in [0, 0.05) is 43.9 Å². The van der Waals surface area contributed by atoms with Gasteiger partial charge >= 0.3 is 6.03 Å². The van der Waals surface area contributed by atoms with Gasteiger partial charge in [-0.15, -0.1) is 0 Å². The van der Waals surface area contributed by atoms with Crippen LogP contribution in [0.25, 0.3) is 11.4 Å². The molecule has 0 radical (unpaired) electrons. The number of halogens is 1. The number of piperazine rings is 1. The summed E-state index contributed by atoms with van der Waals surface area (Å²) in [4.78, 5) is 20.9. The van der Waals surface area contributed by atoms with E-state index in [-0.39, 0.29) is 6.03 Å². The fourth-order valence-electron chi connectivity index (χ4n) is 3.26. The number of nitrogens with one attached hydrogen (secondary N) is 1. The maximum Gasteiger partial charge on any atom is 0.322 e. The molecule has 0 saturated carbocycles. The molecule has 1 aromatic heterocycles. The molecule has 29 heavy (non-hydrogen) atoms. The Kier molecular flexibility index (Phi) is 5.67. The van der Waals surface area contributed by atoms with Crippen molar-refractivity contribution in [2.45, 2.75) is 13.3 Å². The number of aromatic nitrogens is 2. The molecule has 1 saturated heterocycles. The van der Waals surface area contributed by atoms with Crippen LogP contribution in [0.15, 0.2) is 53.1 Å². The van der Waals surface area contributed by atoms with Gasteiger partial charge in [-0.05, 0) is 36.4 Å². The molecule has 0 aliphatic carbocycles. The van der Waals surface area contributed by atoms with Gasteiger partial charge in [-0.1, -0.05) is 35.8 Å². The zero-order chi connectivity index (χ0) is 20.2. The molecule has 0 spiro atoms. The number of urea groups is 1. The number of hydrogen-bond acceptors (Lipinski definition) is 5. The summed E-state index contributed by atoms with van der Waals surface area (Å²) in [6.45, 7) is 4.79. The van der Waals surface area contributed by atoms with Gasteiger partial charge in [-0.3, -0.25) is 0 Å². The van der Waals surface area contributed by atoms with Crippen LogP contribution in [0.3, 0.4) is 0 Å². The third kappa shape index (κ3) is 4.35. The zero-order valence-corrected chi connectivity index (χ0v) is 16.9. The van der Waals surface area contributed by atoms with Crippen LogP contribution in [0, 0.1) is 0 Å². The number of nitrogens with zero attached hydrogens (tertiary/aromatic N) is 4. The Balaban J connectivity index is 1.34. The number of para-hydroxylation sites is 1. The van der Waals surface area contributed by atoms with Gasteiger partial charge in [-0.25, -0.2) is 4.79 Å². The predicted molar refractivity (Wildman–Crippen MR) is 113 cm³/mol. The van der Waals surface area contributed by atoms with E-state index in [4.69, 9.17) is 16.1 Å². The van der Waals surface area contributed by atoms with Crippen molar-refractivity contribution in [2.24, 2.45) is 0 Å². The van der Waals surface area contributed by atoms with E-state index in [0.717, 1.165) is 30.8 Å². The number of aryl methyl sites for hydroxylation is 1. The van der Waals surface area contributed by atoms with Crippen LogP contribution < -0.4 is 10.2 Å². The normalized spacial score (nSPS) is 14.1. The van der Waals surface area contributed by atoms with Crippen LogP contribution in [0.5, 0.6) is 0 Å². The van der Waals surface area contributed by atoms with Crippen molar-refractivity contribution in [1.82, 2.24) is 15.0 Å². The molecule has 2 aromatic carbocycles. The molecule has 0 atom stereocenters. The SMILES string of the molecule is CCc1nc(-c2ccc(N3CCN(C(=O)Nc4ccccc4Cl)CC3)cc2)no1. The molecule has 1 aliphatic heterocycles. The summed E-state index contributed by atoms with van der Waals surface area (Å²) in [5.41, 5.74) is 2.67. The highest BCUT2D eigenvalue weighted by Gasteiger charge is 2.22. The molecule has 1 N–H and O–H groups in total. The van der Waals surface area contributed by atoms with E-state index in [0.29, 0.717) is 35.5 Å². The molecule has 1 fully saturated rings. The predicted octanol–water partition coefficient (Wildman–Crippen LogP) is 4.31. The highest BCUT2D eigenvalue weighted by Crippen LogP contribution is 2.24. The lowest BCUT2D eigenvalue weighted by molar-refractivity contribution is 0.208. The van der Waals surface area contributed by atoms with Gasteiger partial charge in [0.05, 0.1) is 10.7 Å². The number of carbonyl (C=O) groups is 1. The molecule has 0 unspecified atom stereocenters. The fraction of sp³-hybridized carbons (Fsp3) is 0.286. The topological polar surface area (TPSA) is 74.5 Å². The summed E-state index contributed by atoms with van der Waals surface area (Å²) in [5.74, 6) is 1.24. The molecular formula is C21H22ClN5O2. The van der Waals surface area contributed by atoms with Gasteiger partial charge in [-0.2, -0.15) is 4.98 Å². The first kappa shape index (κ1) is 19.3. The van der Waals surface area contributed by atoms with Crippen LogP contribution >= 0.6 is 11.6 Å². The molecule has 0 bridgehead atoms. The molecule has 1 aliphatic rings. The average Bonchev–Trinajstić information content (AvgIpc) is 3.25. The van der Waals surface area contributed by atoms with Crippen molar-refractivity contribution in [2.75, 3.05) is 36.4 Å². The third-order valence-corrected chi connectivity index (χ3v) is 5.27. The maximum absolute atomic E-state index is 12.5. The quantitative estimate of drug-likeness (QED) is 0.692. The van der Waals surface area contributed by atoms with Crippen LogP contribution in [-0.2, 0) is 6.42 Å². The number of amides is 2. The van der Waals surface area contributed by atoms with Gasteiger partial charge in [0.1, 0.15) is 0 Å². The first-order valence-electron chi connectivity index (χ1n) is 9.62. The number of hydrogen-bond donors (Lipinski definition) is 1. The lowest BCUT2D eigenvalue weighted by Crippen LogP contribution is -2.50. The second-order valence-electron chi connectivity index (χ2n) is 6.80. The van der Waals surface area contributed by atoms with Gasteiger partial charge < -0.3 is 19.6 Å². The second kappa shape index (κ2) is 8.53. The second-order valence-corrected chi connectivity index (χ2v) is 7.20. The molecule has 2 amide bonds. The number of carbonyl (C=O) groups excluding carboxylic acids is 1. The molecule has 2 heterocycles. The van der Waals surface area contributed by atoms with E-state index in [1.807, 2.05) is 31.2 Å². The highest BCUT2D eigenvalue weighted by molar-refractivity contribution is 6.33. The van der Waals surface area contributed by atoms with Crippen molar-refractivity contribution in [3.63, 3.8) is 0 Å². The van der Waals surface area contributed by atoms with E-state index in [1.165, 1.54) is 0 Å². The van der Waals surface area contributed by atoms with Gasteiger partial charge in [0.2, 0.25) is 11.7 Å². The number of anilines is 2. The molecule has 4 rings (SSSR count). The Labute approximate surface area is 174 Å². The minimum atomic E-state index is -0.128.